The number of hydrogen-bond acceptors (Lipinski definition) is 3. The van der Waals surface area contributed by atoms with Gasteiger partial charge in [0.1, 0.15) is 0 Å². The maximum absolute atomic E-state index is 14.0. The van der Waals surface area contributed by atoms with Crippen LogP contribution in [0.2, 0.25) is 10.0 Å². The summed E-state index contributed by atoms with van der Waals surface area (Å²) in [5.74, 6) is -0.124. The van der Waals surface area contributed by atoms with E-state index in [1.807, 2.05) is 55.8 Å². The molecule has 1 saturated heterocycles. The molecule has 0 saturated carbocycles. The fourth-order valence-electron chi connectivity index (χ4n) is 4.08. The third-order valence-electron chi connectivity index (χ3n) is 6.02. The van der Waals surface area contributed by atoms with Crippen LogP contribution in [0.1, 0.15) is 79.6 Å². The van der Waals surface area contributed by atoms with Gasteiger partial charge < -0.3 is 9.84 Å². The highest BCUT2D eigenvalue weighted by Crippen LogP contribution is 2.62. The number of carbonyl (C=O) groups is 1. The second-order valence-electron chi connectivity index (χ2n) is 11.5. The number of amides is 1. The number of nitrogens with one attached hydrogen (secondary N) is 1. The molecule has 0 aliphatic carbocycles. The Morgan fingerprint density at radius 1 is 0.973 bits per heavy atom. The van der Waals surface area contributed by atoms with Crippen molar-refractivity contribution in [3.8, 4) is 11.1 Å². The molecule has 1 unspecified atom stereocenters. The Kier molecular flexibility index (Phi) is 11.9. The van der Waals surface area contributed by atoms with Gasteiger partial charge in [0.2, 0.25) is 0 Å². The van der Waals surface area contributed by atoms with Gasteiger partial charge in [0.05, 0.1) is 11.8 Å². The van der Waals surface area contributed by atoms with Crippen molar-refractivity contribution < 1.29 is 13.9 Å². The number of nitrogens with zero attached hydrogens (tertiary/aromatic N) is 1. The molecule has 1 heterocycles. The normalized spacial score (nSPS) is 16.8. The van der Waals surface area contributed by atoms with Crippen LogP contribution in [0, 0.1) is 5.41 Å². The summed E-state index contributed by atoms with van der Waals surface area (Å²) in [6.07, 6.45) is 1.43. The first-order chi connectivity index (χ1) is 16.2. The maximum atomic E-state index is 14.0. The zero-order valence-electron chi connectivity index (χ0n) is 21.5. The van der Waals surface area contributed by atoms with Crippen molar-refractivity contribution in [1.29, 1.82) is 0 Å². The van der Waals surface area contributed by atoms with Gasteiger partial charge in [-0.25, -0.2) is 4.67 Å². The molecule has 5 nitrogen and oxygen atoms in total. The second-order valence-corrected chi connectivity index (χ2v) is 15.5. The molecule has 208 valence electrons. The minimum absolute atomic E-state index is 0. The molecule has 2 aromatic carbocycles. The summed E-state index contributed by atoms with van der Waals surface area (Å²) in [7, 11) is -3.04. The van der Waals surface area contributed by atoms with Gasteiger partial charge in [-0.2, -0.15) is 0 Å². The molecule has 0 radical (unpaired) electrons. The average molecular weight is 572 g/mol. The predicted octanol–water partition coefficient (Wildman–Crippen LogP) is 9.18. The summed E-state index contributed by atoms with van der Waals surface area (Å²) in [5.41, 5.74) is 2.24. The van der Waals surface area contributed by atoms with Crippen LogP contribution >= 0.6 is 30.7 Å². The number of benzene rings is 2. The zero-order chi connectivity index (χ0) is 26.0. The topological polar surface area (TPSA) is 58.6 Å². The van der Waals surface area contributed by atoms with E-state index in [2.05, 4.69) is 26.1 Å². The van der Waals surface area contributed by atoms with Crippen molar-refractivity contribution in [1.82, 2.24) is 9.99 Å². The van der Waals surface area contributed by atoms with Crippen LogP contribution in [-0.4, -0.2) is 41.5 Å². The SMILES string of the molecule is C.C.CC(C)(C)COP(=O)(N1CCC(NC(=O)c2cccc(-c3cc(Cl)cc(Cl)c3)c2)CC1)C(C)(C)C. The summed E-state index contributed by atoms with van der Waals surface area (Å²) in [6, 6.07) is 12.8. The van der Waals surface area contributed by atoms with E-state index in [1.54, 1.807) is 12.1 Å². The molecule has 8 heteroatoms. The van der Waals surface area contributed by atoms with Crippen molar-refractivity contribution >= 4 is 36.6 Å². The highest BCUT2D eigenvalue weighted by atomic mass is 35.5. The van der Waals surface area contributed by atoms with Crippen LogP contribution in [0.5, 0.6) is 0 Å². The standard InChI is InChI=1S/C27H37Cl2N2O3P.2CH4/c1-26(2,3)18-34-35(33,27(4,5)6)31-12-10-24(11-13-31)30-25(32)20-9-7-8-19(14-20)21-15-22(28)17-23(29)16-21;;/h7-9,14-17,24H,10-13,18H2,1-6H3,(H,30,32);2*1H4. The van der Waals surface area contributed by atoms with Crippen molar-refractivity contribution in [3.63, 3.8) is 0 Å². The Hall–Kier alpha value is -1.36. The molecule has 0 spiro atoms. The lowest BCUT2D eigenvalue weighted by Gasteiger charge is -2.43. The van der Waals surface area contributed by atoms with E-state index in [0.717, 1.165) is 11.1 Å². The van der Waals surface area contributed by atoms with Crippen LogP contribution < -0.4 is 5.32 Å². The Morgan fingerprint density at radius 3 is 2.05 bits per heavy atom. The van der Waals surface area contributed by atoms with Crippen LogP contribution in [0.4, 0.5) is 0 Å². The van der Waals surface area contributed by atoms with Crippen molar-refractivity contribution in [2.45, 2.75) is 80.4 Å². The van der Waals surface area contributed by atoms with E-state index in [1.165, 1.54) is 0 Å². The van der Waals surface area contributed by atoms with E-state index in [0.29, 0.717) is 48.1 Å². The third-order valence-corrected chi connectivity index (χ3v) is 9.78. The smallest absolute Gasteiger partial charge is 0.277 e. The largest absolute Gasteiger partial charge is 0.349 e. The van der Waals surface area contributed by atoms with Gasteiger partial charge in [-0.15, -0.1) is 0 Å². The molecular formula is C29H45Cl2N2O3P. The van der Waals surface area contributed by atoms with Gasteiger partial charge in [-0.05, 0) is 80.5 Å². The molecule has 1 atom stereocenters. The molecule has 1 fully saturated rings. The first kappa shape index (κ1) is 33.7. The van der Waals surface area contributed by atoms with Gasteiger partial charge in [-0.3, -0.25) is 9.36 Å². The van der Waals surface area contributed by atoms with Gasteiger partial charge in [0, 0.05) is 34.7 Å². The van der Waals surface area contributed by atoms with Crippen LogP contribution in [-0.2, 0) is 9.09 Å². The van der Waals surface area contributed by atoms with E-state index >= 15 is 0 Å². The molecular weight excluding hydrogens is 526 g/mol. The van der Waals surface area contributed by atoms with Gasteiger partial charge in [-0.1, -0.05) is 71.0 Å². The number of piperidine rings is 1. The molecule has 0 aromatic heterocycles. The highest BCUT2D eigenvalue weighted by Gasteiger charge is 2.45. The number of halogens is 2. The number of carbonyl (C=O) groups excluding carboxylic acids is 1. The lowest BCUT2D eigenvalue weighted by molar-refractivity contribution is 0.0919. The van der Waals surface area contributed by atoms with Gasteiger partial charge in [0.25, 0.3) is 13.4 Å². The van der Waals surface area contributed by atoms with Crippen LogP contribution in [0.3, 0.4) is 0 Å². The predicted molar refractivity (Wildman–Crippen MR) is 160 cm³/mol. The minimum Gasteiger partial charge on any atom is -0.349 e. The Morgan fingerprint density at radius 2 is 1.54 bits per heavy atom. The van der Waals surface area contributed by atoms with Gasteiger partial charge >= 0.3 is 0 Å². The second kappa shape index (κ2) is 13.1. The van der Waals surface area contributed by atoms with E-state index in [4.69, 9.17) is 27.7 Å². The molecule has 1 aliphatic heterocycles. The lowest BCUT2D eigenvalue weighted by Crippen LogP contribution is -2.45. The molecule has 1 N–H and O–H groups in total. The summed E-state index contributed by atoms with van der Waals surface area (Å²) in [6.45, 7) is 13.8. The maximum Gasteiger partial charge on any atom is 0.277 e. The van der Waals surface area contributed by atoms with E-state index in [-0.39, 0.29) is 32.2 Å². The molecule has 3 rings (SSSR count). The van der Waals surface area contributed by atoms with Crippen molar-refractivity contribution in [2.75, 3.05) is 19.7 Å². The molecule has 1 amide bonds. The average Bonchev–Trinajstić information content (AvgIpc) is 2.76. The van der Waals surface area contributed by atoms with E-state index < -0.39 is 12.7 Å². The van der Waals surface area contributed by atoms with E-state index in [9.17, 15) is 9.36 Å². The van der Waals surface area contributed by atoms with Crippen LogP contribution in [0.15, 0.2) is 42.5 Å². The minimum atomic E-state index is -3.04. The Bertz CT molecular complexity index is 1080. The fraction of sp³-hybridized carbons (Fsp3) is 0.552. The lowest BCUT2D eigenvalue weighted by atomic mass is 9.99. The quantitative estimate of drug-likeness (QED) is 0.351. The Labute approximate surface area is 234 Å². The number of rotatable bonds is 6. The summed E-state index contributed by atoms with van der Waals surface area (Å²) < 4.78 is 22.1. The first-order valence-corrected chi connectivity index (χ1v) is 14.4. The monoisotopic (exact) mass is 570 g/mol. The summed E-state index contributed by atoms with van der Waals surface area (Å²) in [4.78, 5) is 13.0. The zero-order valence-corrected chi connectivity index (χ0v) is 23.9. The van der Waals surface area contributed by atoms with Crippen molar-refractivity contribution in [3.05, 3.63) is 58.1 Å². The molecule has 1 aliphatic rings. The third kappa shape index (κ3) is 8.83. The summed E-state index contributed by atoms with van der Waals surface area (Å²) >= 11 is 12.3. The van der Waals surface area contributed by atoms with Crippen molar-refractivity contribution in [2.24, 2.45) is 5.41 Å². The first-order valence-electron chi connectivity index (χ1n) is 12.1. The molecule has 37 heavy (non-hydrogen) atoms. The van der Waals surface area contributed by atoms with Gasteiger partial charge in [0.15, 0.2) is 0 Å². The molecule has 0 bridgehead atoms. The fourth-order valence-corrected chi connectivity index (χ4v) is 7.33. The summed E-state index contributed by atoms with van der Waals surface area (Å²) in [5, 5.41) is 3.77. The Balaban J connectivity index is 0.00000342. The number of hydrogen-bond donors (Lipinski definition) is 1. The highest BCUT2D eigenvalue weighted by molar-refractivity contribution is 7.58. The molecule has 2 aromatic rings. The van der Waals surface area contributed by atoms with Crippen LogP contribution in [0.25, 0.3) is 11.1 Å².